The Labute approximate surface area is 275 Å². The van der Waals surface area contributed by atoms with Crippen LogP contribution < -0.4 is 22.1 Å². The first-order valence-corrected chi connectivity index (χ1v) is 15.5. The van der Waals surface area contributed by atoms with Crippen LogP contribution >= 0.6 is 0 Å². The summed E-state index contributed by atoms with van der Waals surface area (Å²) < 4.78 is 0. The molecule has 0 bridgehead atoms. The number of aliphatic carboxylic acids is 1. The molecule has 0 saturated heterocycles. The molecule has 0 aliphatic heterocycles. The fourth-order valence-electron chi connectivity index (χ4n) is 5.10. The van der Waals surface area contributed by atoms with Crippen molar-refractivity contribution in [3.8, 4) is 0 Å². The number of aliphatic imine (C=N–C) groups is 1. The maximum Gasteiger partial charge on any atom is 0.322 e. The summed E-state index contributed by atoms with van der Waals surface area (Å²) >= 11 is 0. The average molecular weight is 644 g/mol. The molecule has 12 heteroatoms. The van der Waals surface area contributed by atoms with Crippen molar-refractivity contribution in [3.63, 3.8) is 0 Å². The van der Waals surface area contributed by atoms with Crippen LogP contribution in [0.4, 0.5) is 0 Å². The lowest BCUT2D eigenvalue weighted by molar-refractivity contribution is -0.143. The lowest BCUT2D eigenvalue weighted by atomic mass is 9.89. The lowest BCUT2D eigenvalue weighted by Gasteiger charge is -2.34. The third-order valence-electron chi connectivity index (χ3n) is 7.44. The zero-order valence-electron chi connectivity index (χ0n) is 27.0. The van der Waals surface area contributed by atoms with E-state index in [1.807, 2.05) is 104 Å². The largest absolute Gasteiger partial charge is 0.480 e. The molecule has 0 fully saturated rings. The van der Waals surface area contributed by atoms with E-state index in [1.54, 1.807) is 0 Å². The summed E-state index contributed by atoms with van der Waals surface area (Å²) in [5.74, 6) is -3.07. The van der Waals surface area contributed by atoms with E-state index in [1.165, 1.54) is 4.90 Å². The Balaban J connectivity index is 1.99. The van der Waals surface area contributed by atoms with Crippen molar-refractivity contribution in [2.24, 2.45) is 16.5 Å². The molecule has 0 saturated carbocycles. The number of guanidine groups is 1. The molecule has 0 spiro atoms. The molecule has 47 heavy (non-hydrogen) atoms. The normalized spacial score (nSPS) is 11.5. The van der Waals surface area contributed by atoms with E-state index in [0.29, 0.717) is 13.0 Å². The van der Waals surface area contributed by atoms with E-state index in [2.05, 4.69) is 15.6 Å². The second kappa shape index (κ2) is 18.7. The van der Waals surface area contributed by atoms with Crippen molar-refractivity contribution in [2.75, 3.05) is 40.3 Å². The second-order valence-corrected chi connectivity index (χ2v) is 11.4. The molecule has 7 N–H and O–H groups in total. The average Bonchev–Trinajstić information content (AvgIpc) is 3.04. The maximum atomic E-state index is 14.7. The van der Waals surface area contributed by atoms with Gasteiger partial charge < -0.3 is 37.0 Å². The number of rotatable bonds is 18. The standard InChI is InChI=1S/C35H45N7O5/c1-41(2)21-20-38-30(43)22-25-15-17-26(18-16-25)24-42(29(14-9-19-39-35(36)37)33(46)40-23-31(44)45)34(47)32(27-10-5-3-6-11-27)28-12-7-4-8-13-28/h3-8,10-13,15-18,29,32H,9,14,19-24H2,1-2H3,(H,38,43)(H,40,46)(H,44,45)(H4,36,37,39)/t29-/m1/s1. The summed E-state index contributed by atoms with van der Waals surface area (Å²) in [6, 6.07) is 24.9. The molecular formula is C35H45N7O5. The number of carbonyl (C=O) groups excluding carboxylic acids is 3. The molecule has 0 aliphatic carbocycles. The van der Waals surface area contributed by atoms with Crippen molar-refractivity contribution in [1.82, 2.24) is 20.4 Å². The summed E-state index contributed by atoms with van der Waals surface area (Å²) in [5, 5.41) is 14.6. The zero-order valence-corrected chi connectivity index (χ0v) is 27.0. The number of amides is 3. The molecule has 3 aromatic rings. The highest BCUT2D eigenvalue weighted by Gasteiger charge is 2.35. The van der Waals surface area contributed by atoms with Gasteiger partial charge in [0.15, 0.2) is 5.96 Å². The van der Waals surface area contributed by atoms with Crippen LogP contribution in [0.3, 0.4) is 0 Å². The Bertz CT molecular complexity index is 1440. The summed E-state index contributed by atoms with van der Waals surface area (Å²) in [6.45, 7) is 0.947. The first-order chi connectivity index (χ1) is 22.5. The Morgan fingerprint density at radius 2 is 1.40 bits per heavy atom. The topological polar surface area (TPSA) is 183 Å². The summed E-state index contributed by atoms with van der Waals surface area (Å²) in [5.41, 5.74) is 14.0. The van der Waals surface area contributed by atoms with Gasteiger partial charge in [-0.25, -0.2) is 0 Å². The van der Waals surface area contributed by atoms with Gasteiger partial charge in [-0.15, -0.1) is 0 Å². The van der Waals surface area contributed by atoms with Crippen LogP contribution in [0.25, 0.3) is 0 Å². The van der Waals surface area contributed by atoms with Gasteiger partial charge in [0.1, 0.15) is 12.6 Å². The van der Waals surface area contributed by atoms with Crippen LogP contribution in [-0.4, -0.2) is 90.9 Å². The van der Waals surface area contributed by atoms with Gasteiger partial charge in [-0.2, -0.15) is 0 Å². The molecule has 0 heterocycles. The highest BCUT2D eigenvalue weighted by atomic mass is 16.4. The van der Waals surface area contributed by atoms with E-state index in [-0.39, 0.29) is 43.7 Å². The smallest absolute Gasteiger partial charge is 0.322 e. The molecule has 0 aliphatic rings. The molecule has 3 rings (SSSR count). The summed E-state index contributed by atoms with van der Waals surface area (Å²) in [7, 11) is 3.87. The van der Waals surface area contributed by atoms with E-state index < -0.39 is 30.4 Å². The fraction of sp³-hybridized carbons (Fsp3) is 0.343. The number of likely N-dealkylation sites (N-methyl/N-ethyl adjacent to an activating group) is 1. The molecule has 0 aromatic heterocycles. The Hall–Kier alpha value is -5.23. The number of carbonyl (C=O) groups is 4. The van der Waals surface area contributed by atoms with Crippen LogP contribution in [0.2, 0.25) is 0 Å². The van der Waals surface area contributed by atoms with Crippen molar-refractivity contribution >= 4 is 29.7 Å². The van der Waals surface area contributed by atoms with Gasteiger partial charge in [0, 0.05) is 26.2 Å². The Kier molecular flexibility index (Phi) is 14.4. The van der Waals surface area contributed by atoms with Crippen molar-refractivity contribution < 1.29 is 24.3 Å². The first-order valence-electron chi connectivity index (χ1n) is 15.5. The van der Waals surface area contributed by atoms with Gasteiger partial charge in [0.05, 0.1) is 12.3 Å². The third kappa shape index (κ3) is 12.2. The van der Waals surface area contributed by atoms with Crippen molar-refractivity contribution in [2.45, 2.75) is 37.8 Å². The molecule has 0 unspecified atom stereocenters. The Morgan fingerprint density at radius 1 is 0.830 bits per heavy atom. The number of carboxylic acid groups (broad SMARTS) is 1. The molecular weight excluding hydrogens is 598 g/mol. The van der Waals surface area contributed by atoms with Gasteiger partial charge in [-0.3, -0.25) is 24.2 Å². The minimum Gasteiger partial charge on any atom is -0.480 e. The minimum absolute atomic E-state index is 0.0533. The number of nitrogens with two attached hydrogens (primary N) is 2. The predicted octanol–water partition coefficient (Wildman–Crippen LogP) is 1.69. The maximum absolute atomic E-state index is 14.7. The highest BCUT2D eigenvalue weighted by molar-refractivity contribution is 5.93. The number of nitrogens with zero attached hydrogens (tertiary/aromatic N) is 3. The quantitative estimate of drug-likeness (QED) is 0.0788. The molecule has 0 radical (unpaired) electrons. The predicted molar refractivity (Wildman–Crippen MR) is 181 cm³/mol. The number of benzene rings is 3. The van der Waals surface area contributed by atoms with E-state index in [9.17, 15) is 24.3 Å². The van der Waals surface area contributed by atoms with Gasteiger partial charge in [-0.1, -0.05) is 84.9 Å². The van der Waals surface area contributed by atoms with Gasteiger partial charge >= 0.3 is 5.97 Å². The SMILES string of the molecule is CN(C)CCNC(=O)Cc1ccc(CN(C(=O)C(c2ccccc2)c2ccccc2)[C@H](CCCN=C(N)N)C(=O)NCC(=O)O)cc1. The third-order valence-corrected chi connectivity index (χ3v) is 7.44. The zero-order chi connectivity index (χ0) is 34.2. The molecule has 3 amide bonds. The van der Waals surface area contributed by atoms with Crippen molar-refractivity contribution in [3.05, 3.63) is 107 Å². The number of nitrogens with one attached hydrogen (secondary N) is 2. The summed E-state index contributed by atoms with van der Waals surface area (Å²) in [6.07, 6.45) is 0.733. The fourth-order valence-corrected chi connectivity index (χ4v) is 5.10. The second-order valence-electron chi connectivity index (χ2n) is 11.4. The minimum atomic E-state index is -1.21. The van der Waals surface area contributed by atoms with Gasteiger partial charge in [-0.05, 0) is 49.2 Å². The molecule has 12 nitrogen and oxygen atoms in total. The van der Waals surface area contributed by atoms with Crippen LogP contribution in [-0.2, 0) is 32.1 Å². The number of carboxylic acids is 1. The van der Waals surface area contributed by atoms with E-state index in [4.69, 9.17) is 11.5 Å². The van der Waals surface area contributed by atoms with Crippen LogP contribution in [0.15, 0.2) is 89.9 Å². The molecule has 1 atom stereocenters. The van der Waals surface area contributed by atoms with Gasteiger partial charge in [0.2, 0.25) is 17.7 Å². The molecule has 250 valence electrons. The summed E-state index contributed by atoms with van der Waals surface area (Å²) in [4.78, 5) is 59.6. The Morgan fingerprint density at radius 3 is 1.94 bits per heavy atom. The van der Waals surface area contributed by atoms with Gasteiger partial charge in [0.25, 0.3) is 0 Å². The lowest BCUT2D eigenvalue weighted by Crippen LogP contribution is -2.51. The van der Waals surface area contributed by atoms with E-state index >= 15 is 0 Å². The molecule has 3 aromatic carbocycles. The first kappa shape index (κ1) is 36.2. The van der Waals surface area contributed by atoms with Crippen molar-refractivity contribution in [1.29, 1.82) is 0 Å². The van der Waals surface area contributed by atoms with Crippen LogP contribution in [0.5, 0.6) is 0 Å². The monoisotopic (exact) mass is 643 g/mol. The highest BCUT2D eigenvalue weighted by Crippen LogP contribution is 2.29. The van der Waals surface area contributed by atoms with Crippen LogP contribution in [0.1, 0.15) is 41.0 Å². The number of hydrogen-bond acceptors (Lipinski definition) is 6. The number of hydrogen-bond donors (Lipinski definition) is 5. The van der Waals surface area contributed by atoms with Crippen LogP contribution in [0, 0.1) is 0 Å². The van der Waals surface area contributed by atoms with E-state index in [0.717, 1.165) is 28.8 Å².